The van der Waals surface area contributed by atoms with Gasteiger partial charge in [0.25, 0.3) is 11.8 Å². The highest BCUT2D eigenvalue weighted by atomic mass is 32.2. The molecular weight excluding hydrogens is 805 g/mol. The molecule has 0 radical (unpaired) electrons. The molecule has 5 aromatic rings. The minimum atomic E-state index is -3.92. The van der Waals surface area contributed by atoms with E-state index in [1.165, 1.54) is 17.3 Å². The molecule has 1 saturated heterocycles. The summed E-state index contributed by atoms with van der Waals surface area (Å²) < 4.78 is 35.9. The van der Waals surface area contributed by atoms with Gasteiger partial charge in [-0.2, -0.15) is 0 Å². The number of nitrogens with zero attached hydrogens (tertiary/aromatic N) is 5. The van der Waals surface area contributed by atoms with Crippen LogP contribution in [0.15, 0.2) is 79.1 Å². The van der Waals surface area contributed by atoms with E-state index in [0.717, 1.165) is 27.8 Å². The summed E-state index contributed by atoms with van der Waals surface area (Å²) in [5.74, 6) is -2.73. The first-order valence-electron chi connectivity index (χ1n) is 20.3. The Labute approximate surface area is 350 Å². The monoisotopic (exact) mass is 848 g/mol. The molecule has 3 fully saturated rings. The van der Waals surface area contributed by atoms with Gasteiger partial charge >= 0.3 is 0 Å². The molecule has 17 heteroatoms. The quantitative estimate of drug-likeness (QED) is 0.182. The number of hydrogen-bond donors (Lipinski definition) is 3. The molecule has 0 unspecified atom stereocenters. The van der Waals surface area contributed by atoms with Crippen LogP contribution < -0.4 is 20.1 Å². The third-order valence-electron chi connectivity index (χ3n) is 11.6. The van der Waals surface area contributed by atoms with Gasteiger partial charge in [-0.05, 0) is 75.1 Å². The van der Waals surface area contributed by atoms with Crippen molar-refractivity contribution in [1.29, 1.82) is 0 Å². The van der Waals surface area contributed by atoms with Crippen LogP contribution in [0.3, 0.4) is 0 Å². The molecular formula is C43H44N8O7S2. The van der Waals surface area contributed by atoms with Gasteiger partial charge in [-0.25, -0.2) is 23.4 Å². The molecule has 0 bridgehead atoms. The molecule has 3 aromatic heterocycles. The molecule has 310 valence electrons. The fourth-order valence-corrected chi connectivity index (χ4v) is 10.5. The number of rotatable bonds is 8. The van der Waals surface area contributed by atoms with E-state index in [-0.39, 0.29) is 31.0 Å². The zero-order valence-corrected chi connectivity index (χ0v) is 34.5. The second-order valence-corrected chi connectivity index (χ2v) is 19.1. The summed E-state index contributed by atoms with van der Waals surface area (Å²) >= 11 is 1.55. The Morgan fingerprint density at radius 1 is 0.967 bits per heavy atom. The number of carbonyl (C=O) groups excluding carboxylic acids is 4. The third kappa shape index (κ3) is 8.07. The van der Waals surface area contributed by atoms with Crippen LogP contribution in [0.5, 0.6) is 5.88 Å². The average molecular weight is 849 g/mol. The number of benzene rings is 2. The van der Waals surface area contributed by atoms with Crippen molar-refractivity contribution in [1.82, 2.24) is 40.2 Å². The average Bonchev–Trinajstić information content (AvgIpc) is 4.13. The summed E-state index contributed by atoms with van der Waals surface area (Å²) in [6.45, 7) is 1.70. The number of carbonyl (C=O) groups is 4. The summed E-state index contributed by atoms with van der Waals surface area (Å²) in [4.78, 5) is 77.3. The van der Waals surface area contributed by atoms with Crippen molar-refractivity contribution in [3.05, 3.63) is 90.5 Å². The van der Waals surface area contributed by atoms with Crippen molar-refractivity contribution in [2.45, 2.75) is 93.7 Å². The Bertz CT molecular complexity index is 2620. The Balaban J connectivity index is 1.06. The second kappa shape index (κ2) is 16.0. The number of para-hydroxylation sites is 2. The predicted octanol–water partition coefficient (Wildman–Crippen LogP) is 4.76. The predicted molar refractivity (Wildman–Crippen MR) is 224 cm³/mol. The van der Waals surface area contributed by atoms with Gasteiger partial charge in [0.2, 0.25) is 27.7 Å². The van der Waals surface area contributed by atoms with E-state index in [9.17, 15) is 27.6 Å². The SMILES string of the molecule is Cc1cnc(C(=O)N[C@H]2CCCCCC=C[C@@H]3C[C@@]3(C(=O)NS(=O)(=O)C3CC3)NC(=O)[C@@H]3C[C@@H](Oc4nc5ccccc5nc4-c4cc5ccccc5s4)CN3C2=O)cn1. The summed E-state index contributed by atoms with van der Waals surface area (Å²) in [7, 11) is -3.92. The van der Waals surface area contributed by atoms with Gasteiger partial charge in [0.1, 0.15) is 35.1 Å². The van der Waals surface area contributed by atoms with Crippen molar-refractivity contribution in [3.8, 4) is 16.5 Å². The van der Waals surface area contributed by atoms with Crippen LogP contribution in [0, 0.1) is 12.8 Å². The number of sulfonamides is 1. The largest absolute Gasteiger partial charge is 0.471 e. The smallest absolute Gasteiger partial charge is 0.272 e. The standard InChI is InChI=1S/C43H44N8O7S2/c1-25-22-45-33(23-44-25)38(52)47-32-15-6-4-2-3-5-12-27-21-43(27,42(55)50-60(56,57)29-17-18-29)49-39(53)34-20-28(24-51(34)41(32)54)58-40-37(46-30-13-8-9-14-31(30)48-40)36-19-26-11-7-10-16-35(26)59-36/h5,7-14,16,19,22-23,27-29,32,34H,2-4,6,15,17-18,20-21,24H2,1H3,(H,47,52)(H,49,53)(H,50,55)/t27-,28-,32+,34+,43-/m1/s1. The summed E-state index contributed by atoms with van der Waals surface area (Å²) in [5, 5.41) is 6.17. The van der Waals surface area contributed by atoms with E-state index in [4.69, 9.17) is 14.7 Å². The lowest BCUT2D eigenvalue weighted by Gasteiger charge is -2.29. The molecule has 4 amide bonds. The van der Waals surface area contributed by atoms with Crippen LogP contribution in [0.25, 0.3) is 31.7 Å². The van der Waals surface area contributed by atoms with Crippen molar-refractivity contribution in [2.24, 2.45) is 5.92 Å². The minimum absolute atomic E-state index is 0.0145. The van der Waals surface area contributed by atoms with Gasteiger partial charge in [0.15, 0.2) is 0 Å². The molecule has 4 aliphatic rings. The second-order valence-electron chi connectivity index (χ2n) is 16.1. The summed E-state index contributed by atoms with van der Waals surface area (Å²) in [6, 6.07) is 15.3. The van der Waals surface area contributed by atoms with E-state index < -0.39 is 68.5 Å². The molecule has 0 spiro atoms. The zero-order valence-electron chi connectivity index (χ0n) is 32.9. The molecule has 15 nitrogen and oxygen atoms in total. The van der Waals surface area contributed by atoms with Crippen molar-refractivity contribution >= 4 is 66.1 Å². The molecule has 5 heterocycles. The first kappa shape index (κ1) is 39.6. The van der Waals surface area contributed by atoms with Crippen molar-refractivity contribution in [3.63, 3.8) is 0 Å². The van der Waals surface area contributed by atoms with E-state index in [1.807, 2.05) is 66.7 Å². The fraction of sp³-hybridized carbons (Fsp3) is 0.395. The van der Waals surface area contributed by atoms with Gasteiger partial charge in [-0.3, -0.25) is 28.9 Å². The molecule has 2 saturated carbocycles. The van der Waals surface area contributed by atoms with Gasteiger partial charge in [0, 0.05) is 23.2 Å². The van der Waals surface area contributed by atoms with Gasteiger partial charge in [-0.1, -0.05) is 55.3 Å². The highest BCUT2D eigenvalue weighted by Gasteiger charge is 2.62. The van der Waals surface area contributed by atoms with Crippen LogP contribution in [-0.2, 0) is 24.4 Å². The van der Waals surface area contributed by atoms with E-state index in [2.05, 4.69) is 25.3 Å². The maximum Gasteiger partial charge on any atom is 0.272 e. The van der Waals surface area contributed by atoms with Crippen LogP contribution in [-0.4, -0.2) is 92.4 Å². The molecule has 2 aliphatic heterocycles. The molecule has 9 rings (SSSR count). The van der Waals surface area contributed by atoms with E-state index >= 15 is 0 Å². The van der Waals surface area contributed by atoms with Crippen LogP contribution in [0.1, 0.15) is 74.0 Å². The highest BCUT2D eigenvalue weighted by Crippen LogP contribution is 2.46. The lowest BCUT2D eigenvalue weighted by atomic mass is 10.0. The fourth-order valence-electron chi connectivity index (χ4n) is 8.07. The molecule has 60 heavy (non-hydrogen) atoms. The number of fused-ring (bicyclic) bond motifs is 4. The van der Waals surface area contributed by atoms with Gasteiger partial charge in [-0.15, -0.1) is 11.3 Å². The number of thiophene rings is 1. The minimum Gasteiger partial charge on any atom is -0.471 e. The number of aromatic nitrogens is 4. The van der Waals surface area contributed by atoms with Crippen molar-refractivity contribution in [2.75, 3.05) is 6.54 Å². The number of ether oxygens (including phenoxy) is 1. The number of amides is 4. The molecule has 5 atom stereocenters. The Morgan fingerprint density at radius 3 is 2.52 bits per heavy atom. The highest BCUT2D eigenvalue weighted by molar-refractivity contribution is 7.91. The maximum absolute atomic E-state index is 14.8. The first-order valence-corrected chi connectivity index (χ1v) is 22.7. The van der Waals surface area contributed by atoms with Crippen LogP contribution in [0.2, 0.25) is 0 Å². The summed E-state index contributed by atoms with van der Waals surface area (Å²) in [5.41, 5.74) is 0.928. The lowest BCUT2D eigenvalue weighted by Crippen LogP contribution is -2.58. The molecule has 3 N–H and O–H groups in total. The number of nitrogens with one attached hydrogen (secondary N) is 3. The van der Waals surface area contributed by atoms with Crippen molar-refractivity contribution < 1.29 is 32.3 Å². The van der Waals surface area contributed by atoms with E-state index in [1.54, 1.807) is 18.3 Å². The number of allylic oxidation sites excluding steroid dienone is 1. The van der Waals surface area contributed by atoms with Gasteiger partial charge in [0.05, 0.1) is 39.6 Å². The Morgan fingerprint density at radius 2 is 1.75 bits per heavy atom. The first-order chi connectivity index (χ1) is 29.0. The zero-order chi connectivity index (χ0) is 41.6. The summed E-state index contributed by atoms with van der Waals surface area (Å²) in [6.07, 6.45) is 10.1. The Kier molecular flexibility index (Phi) is 10.6. The molecule has 2 aliphatic carbocycles. The maximum atomic E-state index is 14.8. The van der Waals surface area contributed by atoms with Crippen LogP contribution >= 0.6 is 11.3 Å². The normalized spacial score (nSPS) is 24.8. The third-order valence-corrected chi connectivity index (χ3v) is 14.6. The van der Waals surface area contributed by atoms with Gasteiger partial charge < -0.3 is 20.3 Å². The number of hydrogen-bond acceptors (Lipinski definition) is 12. The lowest BCUT2D eigenvalue weighted by molar-refractivity contribution is -0.141. The van der Waals surface area contributed by atoms with E-state index in [0.29, 0.717) is 54.5 Å². The number of aryl methyl sites for hydroxylation is 1. The molecule has 2 aromatic carbocycles. The van der Waals surface area contributed by atoms with Crippen LogP contribution in [0.4, 0.5) is 0 Å². The topological polar surface area (TPSA) is 203 Å². The Hall–Kier alpha value is -5.81.